The van der Waals surface area contributed by atoms with Gasteiger partial charge in [0.1, 0.15) is 36.3 Å². The minimum atomic E-state index is -0.820. The van der Waals surface area contributed by atoms with Crippen molar-refractivity contribution in [3.05, 3.63) is 88.8 Å². The van der Waals surface area contributed by atoms with Crippen LogP contribution >= 0.6 is 0 Å². The molecule has 0 amide bonds. The van der Waals surface area contributed by atoms with Gasteiger partial charge < -0.3 is 43.8 Å². The maximum atomic E-state index is 12.4. The first-order valence-corrected chi connectivity index (χ1v) is 26.6. The summed E-state index contributed by atoms with van der Waals surface area (Å²) in [5.74, 6) is 2.13. The minimum Gasteiger partial charge on any atom is -0.485 e. The molecule has 3 aromatic rings. The summed E-state index contributed by atoms with van der Waals surface area (Å²) in [6, 6.07) is 15.7. The van der Waals surface area contributed by atoms with Crippen LogP contribution in [0.1, 0.15) is 198 Å². The summed E-state index contributed by atoms with van der Waals surface area (Å²) in [6.45, 7) is 9.96. The van der Waals surface area contributed by atoms with Crippen molar-refractivity contribution in [3.8, 4) is 18.1 Å². The first kappa shape index (κ1) is 63.1. The van der Waals surface area contributed by atoms with E-state index in [1.807, 2.05) is 32.1 Å². The molecular formula is C59H88O13. The van der Waals surface area contributed by atoms with Gasteiger partial charge in [-0.1, -0.05) is 127 Å². The minimum absolute atomic E-state index is 0.0286. The largest absolute Gasteiger partial charge is 0.485 e. The third kappa shape index (κ3) is 29.5. The van der Waals surface area contributed by atoms with Gasteiger partial charge in [0.2, 0.25) is 0 Å². The molecule has 0 bridgehead atoms. The average Bonchev–Trinajstić information content (AvgIpc) is 3.77. The van der Waals surface area contributed by atoms with Gasteiger partial charge in [0.05, 0.1) is 30.0 Å². The van der Waals surface area contributed by atoms with E-state index < -0.39 is 47.6 Å². The van der Waals surface area contributed by atoms with Crippen molar-refractivity contribution in [1.82, 2.24) is 0 Å². The summed E-state index contributed by atoms with van der Waals surface area (Å²) >= 11 is 0. The number of unbranched alkanes of at least 4 members (excludes halogenated alkanes) is 18. The van der Waals surface area contributed by atoms with Crippen molar-refractivity contribution in [3.63, 3.8) is 0 Å². The Morgan fingerprint density at radius 3 is 1.68 bits per heavy atom. The molecule has 402 valence electrons. The van der Waals surface area contributed by atoms with Crippen LogP contribution in [0.2, 0.25) is 0 Å². The summed E-state index contributed by atoms with van der Waals surface area (Å²) in [4.78, 5) is 45.0. The smallest absolute Gasteiger partial charge is 0.338 e. The van der Waals surface area contributed by atoms with Gasteiger partial charge in [-0.2, -0.15) is 0 Å². The summed E-state index contributed by atoms with van der Waals surface area (Å²) in [6.07, 6.45) is 30.8. The van der Waals surface area contributed by atoms with E-state index in [-0.39, 0.29) is 38.1 Å². The number of rotatable bonds is 34. The zero-order valence-electron chi connectivity index (χ0n) is 44.0. The summed E-state index contributed by atoms with van der Waals surface area (Å²) in [5, 5.41) is 39.7. The number of fused-ring (bicyclic) bond motifs is 2. The lowest BCUT2D eigenvalue weighted by molar-refractivity contribution is -0.145. The first-order valence-electron chi connectivity index (χ1n) is 26.6. The van der Waals surface area contributed by atoms with E-state index in [9.17, 15) is 39.6 Å². The van der Waals surface area contributed by atoms with Gasteiger partial charge in [-0.3, -0.25) is 9.59 Å². The van der Waals surface area contributed by atoms with Crippen LogP contribution in [-0.2, 0) is 30.2 Å². The third-order valence-electron chi connectivity index (χ3n) is 12.5. The average molecular weight is 1010 g/mol. The highest BCUT2D eigenvalue weighted by atomic mass is 16.6. The molecule has 72 heavy (non-hydrogen) atoms. The maximum Gasteiger partial charge on any atom is 0.338 e. The van der Waals surface area contributed by atoms with Crippen molar-refractivity contribution in [2.45, 2.75) is 224 Å². The Morgan fingerprint density at radius 1 is 0.708 bits per heavy atom. The Balaban J connectivity index is 0.000000372. The highest BCUT2D eigenvalue weighted by molar-refractivity contribution is 5.89. The molecule has 5 unspecified atom stereocenters. The standard InChI is InChI=1S/C21H18O5.C19H36O4.C19H34O4/c1-21(2,26-20(23)13-6-4-3-5-7-13)18-11-15-10-14-8-9-19(22)25-16(14)12-17(15)24-18;2*1-3-4-5-6-7-8-9-10-11-12-13-14-18(21)15-19(22)16-23-17(2)20/h3-10,12,18H,11H2,1-2H3;3,18-19,21-22H,1,4-16H2,2H3;1,18-19,21-22H,4-16H2,2H3. The van der Waals surface area contributed by atoms with Crippen LogP contribution in [-0.4, -0.2) is 87.7 Å². The molecule has 0 spiro atoms. The Labute approximate surface area is 430 Å². The van der Waals surface area contributed by atoms with Crippen molar-refractivity contribution in [2.75, 3.05) is 13.2 Å². The SMILES string of the molecule is C#CCCCCCCCCCCCC(O)CC(O)COC(C)=O.C=CCCCCCCCCCCCC(O)CC(O)COC(C)=O.CC(C)(OC(=O)c1ccccc1)C1Cc2cc3ccc(=O)oc3cc2O1. The lowest BCUT2D eigenvalue weighted by Crippen LogP contribution is -2.43. The third-order valence-corrected chi connectivity index (χ3v) is 12.5. The summed E-state index contributed by atoms with van der Waals surface area (Å²) in [5.41, 5.74) is 0.766. The second-order valence-corrected chi connectivity index (χ2v) is 19.6. The van der Waals surface area contributed by atoms with Gasteiger partial charge in [-0.25, -0.2) is 9.59 Å². The van der Waals surface area contributed by atoms with E-state index in [4.69, 9.17) is 29.8 Å². The molecule has 2 heterocycles. The fraction of sp³-hybridized carbons (Fsp3) is 0.627. The molecule has 1 aliphatic heterocycles. The van der Waals surface area contributed by atoms with Gasteiger partial charge in [0.15, 0.2) is 0 Å². The van der Waals surface area contributed by atoms with Gasteiger partial charge in [0.25, 0.3) is 0 Å². The van der Waals surface area contributed by atoms with Gasteiger partial charge in [-0.05, 0) is 75.8 Å². The summed E-state index contributed by atoms with van der Waals surface area (Å²) < 4.78 is 26.4. The highest BCUT2D eigenvalue weighted by Gasteiger charge is 2.40. The van der Waals surface area contributed by atoms with Crippen molar-refractivity contribution in [1.29, 1.82) is 0 Å². The molecule has 5 atom stereocenters. The van der Waals surface area contributed by atoms with Gasteiger partial charge in [-0.15, -0.1) is 18.9 Å². The van der Waals surface area contributed by atoms with E-state index in [1.54, 1.807) is 36.4 Å². The molecule has 0 fully saturated rings. The van der Waals surface area contributed by atoms with E-state index in [0.717, 1.165) is 55.9 Å². The van der Waals surface area contributed by atoms with E-state index in [0.29, 0.717) is 36.2 Å². The summed E-state index contributed by atoms with van der Waals surface area (Å²) in [7, 11) is 0. The van der Waals surface area contributed by atoms with Crippen molar-refractivity contribution < 1.29 is 58.2 Å². The number of carbonyl (C=O) groups excluding carboxylic acids is 3. The molecule has 0 saturated carbocycles. The van der Waals surface area contributed by atoms with Crippen LogP contribution in [0.15, 0.2) is 76.5 Å². The zero-order chi connectivity index (χ0) is 53.0. The second kappa shape index (κ2) is 37.7. The van der Waals surface area contributed by atoms with Gasteiger partial charge in [0, 0.05) is 57.0 Å². The van der Waals surface area contributed by atoms with Crippen LogP contribution < -0.4 is 10.4 Å². The lowest BCUT2D eigenvalue weighted by atomic mass is 9.96. The molecule has 4 N–H and O–H groups in total. The number of esters is 3. The molecule has 1 aromatic heterocycles. The Hall–Kier alpha value is -5.00. The molecule has 2 aromatic carbocycles. The number of terminal acetylenes is 1. The number of hydrogen-bond donors (Lipinski definition) is 4. The quantitative estimate of drug-likeness (QED) is 0.0110. The van der Waals surface area contributed by atoms with Gasteiger partial charge >= 0.3 is 23.5 Å². The molecular weight excluding hydrogens is 917 g/mol. The molecule has 1 aliphatic rings. The molecule has 0 aliphatic carbocycles. The number of ether oxygens (including phenoxy) is 4. The number of aliphatic hydroxyl groups excluding tert-OH is 4. The second-order valence-electron chi connectivity index (χ2n) is 19.6. The van der Waals surface area contributed by atoms with Crippen LogP contribution in [0.25, 0.3) is 11.0 Å². The van der Waals surface area contributed by atoms with Crippen molar-refractivity contribution >= 4 is 28.9 Å². The number of hydrogen-bond acceptors (Lipinski definition) is 13. The van der Waals surface area contributed by atoms with Crippen LogP contribution in [0.3, 0.4) is 0 Å². The highest BCUT2D eigenvalue weighted by Crippen LogP contribution is 2.37. The monoisotopic (exact) mass is 1000 g/mol. The molecule has 13 nitrogen and oxygen atoms in total. The predicted octanol–water partition coefficient (Wildman–Crippen LogP) is 11.5. The Morgan fingerprint density at radius 2 is 1.19 bits per heavy atom. The maximum absolute atomic E-state index is 12.4. The van der Waals surface area contributed by atoms with E-state index in [2.05, 4.69) is 12.5 Å². The normalized spacial score (nSPS) is 14.4. The fourth-order valence-corrected chi connectivity index (χ4v) is 8.31. The van der Waals surface area contributed by atoms with Crippen LogP contribution in [0.4, 0.5) is 0 Å². The number of carbonyl (C=O) groups is 3. The van der Waals surface area contributed by atoms with Crippen LogP contribution in [0.5, 0.6) is 5.75 Å². The zero-order valence-corrected chi connectivity index (χ0v) is 44.0. The number of benzene rings is 2. The Kier molecular flexibility index (Phi) is 33.1. The number of aliphatic hydroxyl groups is 4. The first-order chi connectivity index (χ1) is 34.5. The predicted molar refractivity (Wildman–Crippen MR) is 284 cm³/mol. The fourth-order valence-electron chi connectivity index (χ4n) is 8.31. The Bertz CT molecular complexity index is 2050. The van der Waals surface area contributed by atoms with E-state index in [1.165, 1.54) is 103 Å². The van der Waals surface area contributed by atoms with Crippen LogP contribution in [0, 0.1) is 12.3 Å². The topological polar surface area (TPSA) is 199 Å². The molecule has 13 heteroatoms. The van der Waals surface area contributed by atoms with Crippen molar-refractivity contribution in [2.24, 2.45) is 0 Å². The molecule has 4 rings (SSSR count). The van der Waals surface area contributed by atoms with E-state index >= 15 is 0 Å². The number of allylic oxidation sites excluding steroid dienone is 1. The lowest BCUT2D eigenvalue weighted by Gasteiger charge is -2.30. The molecule has 0 saturated heterocycles. The molecule has 0 radical (unpaired) electrons.